The Balaban J connectivity index is 2.14. The predicted molar refractivity (Wildman–Crippen MR) is 60.7 cm³/mol. The molecule has 0 bridgehead atoms. The van der Waals surface area contributed by atoms with Crippen LogP contribution in [0.1, 0.15) is 42.6 Å². The number of nitrogens with one attached hydrogen (secondary N) is 1. The Kier molecular flexibility index (Phi) is 2.48. The zero-order valence-electron chi connectivity index (χ0n) is 10.4. The summed E-state index contributed by atoms with van der Waals surface area (Å²) in [4.78, 5) is 0. The summed E-state index contributed by atoms with van der Waals surface area (Å²) in [5.41, 5.74) is 2.13. The summed E-state index contributed by atoms with van der Waals surface area (Å²) in [5.74, 6) is -1.29. The predicted octanol–water partition coefficient (Wildman–Crippen LogP) is 3.39. The van der Waals surface area contributed by atoms with Crippen LogP contribution in [0.25, 0.3) is 11.3 Å². The molecule has 0 spiro atoms. The van der Waals surface area contributed by atoms with Gasteiger partial charge in [-0.2, -0.15) is 18.3 Å². The highest BCUT2D eigenvalue weighted by atomic mass is 19.4. The van der Waals surface area contributed by atoms with E-state index in [4.69, 9.17) is 4.52 Å². The van der Waals surface area contributed by atoms with Crippen LogP contribution in [-0.2, 0) is 6.42 Å². The van der Waals surface area contributed by atoms with E-state index in [0.717, 1.165) is 12.6 Å². The van der Waals surface area contributed by atoms with Gasteiger partial charge in [0, 0.05) is 11.3 Å². The topological polar surface area (TPSA) is 54.7 Å². The Morgan fingerprint density at radius 1 is 1.47 bits per heavy atom. The molecule has 19 heavy (non-hydrogen) atoms. The average molecular weight is 271 g/mol. The number of hydrogen-bond acceptors (Lipinski definition) is 3. The van der Waals surface area contributed by atoms with Crippen molar-refractivity contribution in [3.63, 3.8) is 0 Å². The minimum Gasteiger partial charge on any atom is -0.356 e. The van der Waals surface area contributed by atoms with Gasteiger partial charge in [0.2, 0.25) is 0 Å². The van der Waals surface area contributed by atoms with E-state index in [-0.39, 0.29) is 11.6 Å². The lowest BCUT2D eigenvalue weighted by Crippen LogP contribution is -2.20. The molecule has 2 heterocycles. The summed E-state index contributed by atoms with van der Waals surface area (Å²) in [6, 6.07) is 0. The molecule has 0 amide bonds. The molecule has 1 aliphatic carbocycles. The molecule has 0 aromatic carbocycles. The lowest BCUT2D eigenvalue weighted by Gasteiger charge is -2.20. The number of rotatable bonds is 1. The number of halogens is 3. The van der Waals surface area contributed by atoms with E-state index in [1.54, 1.807) is 6.20 Å². The van der Waals surface area contributed by atoms with Crippen LogP contribution in [0.5, 0.6) is 0 Å². The number of aromatic nitrogens is 3. The van der Waals surface area contributed by atoms with Crippen LogP contribution in [0, 0.1) is 0 Å². The van der Waals surface area contributed by atoms with Crippen molar-refractivity contribution in [2.24, 2.45) is 0 Å². The Morgan fingerprint density at radius 2 is 2.21 bits per heavy atom. The first-order valence-electron chi connectivity index (χ1n) is 5.98. The van der Waals surface area contributed by atoms with Gasteiger partial charge in [0.05, 0.1) is 23.4 Å². The maximum absolute atomic E-state index is 12.8. The molecule has 7 heteroatoms. The van der Waals surface area contributed by atoms with Gasteiger partial charge in [-0.05, 0) is 19.3 Å². The Hall–Kier alpha value is -1.79. The molecule has 4 nitrogen and oxygen atoms in total. The molecule has 0 unspecified atom stereocenters. The monoisotopic (exact) mass is 271 g/mol. The minimum atomic E-state index is -4.32. The normalized spacial score (nSPS) is 19.9. The van der Waals surface area contributed by atoms with Crippen LogP contribution < -0.4 is 0 Å². The van der Waals surface area contributed by atoms with E-state index >= 15 is 0 Å². The highest BCUT2D eigenvalue weighted by Gasteiger charge is 2.43. The van der Waals surface area contributed by atoms with E-state index in [9.17, 15) is 13.2 Å². The average Bonchev–Trinajstić information content (AvgIpc) is 2.91. The summed E-state index contributed by atoms with van der Waals surface area (Å²) < 4.78 is 43.7. The van der Waals surface area contributed by atoms with Crippen molar-refractivity contribution in [1.82, 2.24) is 15.4 Å². The fourth-order valence-corrected chi connectivity index (χ4v) is 2.52. The first kappa shape index (κ1) is 12.3. The number of aromatic amines is 1. The third kappa shape index (κ3) is 1.75. The second-order valence-electron chi connectivity index (χ2n) is 4.94. The van der Waals surface area contributed by atoms with Crippen LogP contribution in [0.4, 0.5) is 13.2 Å². The highest BCUT2D eigenvalue weighted by molar-refractivity contribution is 5.67. The number of alkyl halides is 3. The number of fused-ring (bicyclic) bond motifs is 3. The molecule has 3 rings (SSSR count). The SMILES string of the molecule is C[C@H](c1noc2c1[C@@H](C)Cc1[nH]ncc1-2)C(F)(F)F. The summed E-state index contributed by atoms with van der Waals surface area (Å²) in [6.45, 7) is 2.97. The van der Waals surface area contributed by atoms with Crippen LogP contribution in [-0.4, -0.2) is 21.5 Å². The van der Waals surface area contributed by atoms with E-state index in [0.29, 0.717) is 23.3 Å². The summed E-state index contributed by atoms with van der Waals surface area (Å²) in [7, 11) is 0. The van der Waals surface area contributed by atoms with E-state index in [1.807, 2.05) is 6.92 Å². The molecule has 0 saturated carbocycles. The Labute approximate surface area is 107 Å². The molecule has 0 saturated heterocycles. The van der Waals surface area contributed by atoms with E-state index in [2.05, 4.69) is 15.4 Å². The van der Waals surface area contributed by atoms with Gasteiger partial charge in [0.15, 0.2) is 5.76 Å². The zero-order chi connectivity index (χ0) is 13.8. The van der Waals surface area contributed by atoms with Gasteiger partial charge < -0.3 is 4.52 Å². The fourth-order valence-electron chi connectivity index (χ4n) is 2.52. The lowest BCUT2D eigenvalue weighted by atomic mass is 9.84. The molecule has 2 aromatic heterocycles. The van der Waals surface area contributed by atoms with Gasteiger partial charge in [-0.15, -0.1) is 0 Å². The number of hydrogen-bond donors (Lipinski definition) is 1. The smallest absolute Gasteiger partial charge is 0.356 e. The maximum atomic E-state index is 12.8. The fraction of sp³-hybridized carbons (Fsp3) is 0.500. The Morgan fingerprint density at radius 3 is 2.89 bits per heavy atom. The minimum absolute atomic E-state index is 0.0122. The number of nitrogens with zero attached hydrogens (tertiary/aromatic N) is 2. The molecule has 1 aliphatic rings. The molecule has 0 fully saturated rings. The molecular formula is C12H12F3N3O. The lowest BCUT2D eigenvalue weighted by molar-refractivity contribution is -0.147. The molecular weight excluding hydrogens is 259 g/mol. The highest BCUT2D eigenvalue weighted by Crippen LogP contribution is 2.45. The Bertz CT molecular complexity index is 614. The third-order valence-corrected chi connectivity index (χ3v) is 3.62. The first-order chi connectivity index (χ1) is 8.89. The summed E-state index contributed by atoms with van der Waals surface area (Å²) in [5, 5.41) is 10.4. The van der Waals surface area contributed by atoms with Gasteiger partial charge in [0.25, 0.3) is 0 Å². The molecule has 2 aromatic rings. The second-order valence-corrected chi connectivity index (χ2v) is 4.94. The van der Waals surface area contributed by atoms with Crippen LogP contribution in [0.15, 0.2) is 10.7 Å². The van der Waals surface area contributed by atoms with Gasteiger partial charge in [0.1, 0.15) is 0 Å². The molecule has 0 radical (unpaired) electrons. The molecule has 0 aliphatic heterocycles. The first-order valence-corrected chi connectivity index (χ1v) is 5.98. The van der Waals surface area contributed by atoms with E-state index in [1.165, 1.54) is 0 Å². The van der Waals surface area contributed by atoms with Crippen molar-refractivity contribution in [1.29, 1.82) is 0 Å². The number of H-pyrrole nitrogens is 1. The molecule has 2 atom stereocenters. The van der Waals surface area contributed by atoms with Crippen LogP contribution in [0.3, 0.4) is 0 Å². The van der Waals surface area contributed by atoms with Crippen molar-refractivity contribution >= 4 is 0 Å². The van der Waals surface area contributed by atoms with Crippen molar-refractivity contribution in [2.75, 3.05) is 0 Å². The van der Waals surface area contributed by atoms with Crippen molar-refractivity contribution in [3.8, 4) is 11.3 Å². The largest absolute Gasteiger partial charge is 0.397 e. The van der Waals surface area contributed by atoms with Crippen LogP contribution in [0.2, 0.25) is 0 Å². The summed E-state index contributed by atoms with van der Waals surface area (Å²) >= 11 is 0. The second kappa shape index (κ2) is 3.85. The van der Waals surface area contributed by atoms with Crippen molar-refractivity contribution < 1.29 is 17.7 Å². The van der Waals surface area contributed by atoms with Crippen molar-refractivity contribution in [2.45, 2.75) is 38.3 Å². The zero-order valence-corrected chi connectivity index (χ0v) is 10.4. The standard InChI is InChI=1S/C12H12F3N3O/c1-5-3-8-7(4-16-17-8)11-9(5)10(18-19-11)6(2)12(13,14)15/h4-6H,3H2,1-2H3,(H,16,17)/t5-,6+/m0/s1. The third-order valence-electron chi connectivity index (χ3n) is 3.62. The molecule has 102 valence electrons. The van der Waals surface area contributed by atoms with Crippen LogP contribution >= 0.6 is 0 Å². The van der Waals surface area contributed by atoms with E-state index < -0.39 is 12.1 Å². The molecule has 1 N–H and O–H groups in total. The van der Waals surface area contributed by atoms with Gasteiger partial charge in [-0.25, -0.2) is 0 Å². The maximum Gasteiger partial charge on any atom is 0.397 e. The van der Waals surface area contributed by atoms with Gasteiger partial charge in [-0.3, -0.25) is 5.10 Å². The van der Waals surface area contributed by atoms with Gasteiger partial charge in [-0.1, -0.05) is 12.1 Å². The quantitative estimate of drug-likeness (QED) is 0.865. The van der Waals surface area contributed by atoms with Crippen molar-refractivity contribution in [3.05, 3.63) is 23.1 Å². The van der Waals surface area contributed by atoms with Gasteiger partial charge >= 0.3 is 6.18 Å². The summed E-state index contributed by atoms with van der Waals surface area (Å²) in [6.07, 6.45) is -2.14.